The molecule has 0 bridgehead atoms. The Hall–Kier alpha value is -3.83. The van der Waals surface area contributed by atoms with Crippen molar-refractivity contribution >= 4 is 23.3 Å². The van der Waals surface area contributed by atoms with Gasteiger partial charge in [0.05, 0.1) is 35.7 Å². The van der Waals surface area contributed by atoms with E-state index in [4.69, 9.17) is 11.5 Å². The number of carbonyl (C=O) groups is 3. The Kier molecular flexibility index (Phi) is 8.85. The summed E-state index contributed by atoms with van der Waals surface area (Å²) in [7, 11) is 1.48. The van der Waals surface area contributed by atoms with Crippen molar-refractivity contribution in [2.75, 3.05) is 18.7 Å². The molecule has 1 aromatic heterocycles. The van der Waals surface area contributed by atoms with Gasteiger partial charge in [-0.15, -0.1) is 0 Å². The van der Waals surface area contributed by atoms with Crippen molar-refractivity contribution in [1.29, 1.82) is 0 Å². The fourth-order valence-electron chi connectivity index (χ4n) is 5.07. The second-order valence-electron chi connectivity index (χ2n) is 10.5. The number of amides is 2. The minimum absolute atomic E-state index is 0.0656. The summed E-state index contributed by atoms with van der Waals surface area (Å²) in [5.41, 5.74) is 15.4. The second-order valence-corrected chi connectivity index (χ2v) is 10.5. The van der Waals surface area contributed by atoms with E-state index in [1.807, 2.05) is 44.2 Å². The number of carbonyl (C=O) groups excluding carboxylic acids is 3. The number of aliphatic hydroxyl groups is 2. The largest absolute Gasteiger partial charge is 0.394 e. The number of nitrogens with zero attached hydrogens (tertiary/aromatic N) is 2. The third-order valence-corrected chi connectivity index (χ3v) is 7.38. The van der Waals surface area contributed by atoms with Crippen LogP contribution in [0, 0.1) is 5.92 Å². The lowest BCUT2D eigenvalue weighted by atomic mass is 9.84. The number of aromatic amines is 1. The van der Waals surface area contributed by atoms with Crippen LogP contribution < -0.4 is 16.5 Å². The molecular formula is C30H37N5O5. The van der Waals surface area contributed by atoms with Crippen molar-refractivity contribution in [1.82, 2.24) is 9.99 Å². The molecule has 3 aromatic rings. The number of fused-ring (bicyclic) bond motifs is 1. The van der Waals surface area contributed by atoms with Crippen molar-refractivity contribution in [3.8, 4) is 11.1 Å². The molecule has 0 radical (unpaired) electrons. The molecule has 0 saturated heterocycles. The molecule has 1 aliphatic rings. The summed E-state index contributed by atoms with van der Waals surface area (Å²) in [6.07, 6.45) is 0.973. The van der Waals surface area contributed by atoms with Crippen LogP contribution in [-0.2, 0) is 11.2 Å². The average Bonchev–Trinajstić information content (AvgIpc) is 3.40. The van der Waals surface area contributed by atoms with Crippen LogP contribution in [0.1, 0.15) is 64.7 Å². The standard InChI is InChI=1S/C30H37N5O5/c1-17(2)27(32)29(39)25-19(15-20(37)16-36)9-10-21(18-7-5-4-6-8-18)26(25)30(40)34(3)35-23-13-14-33-28(23)22(31)11-12-24(35)38/h4-10,13-14,17,20,22,27,33,36-37H,11-12,15-16,31-32H2,1-3H3/t20-,22?,27?/m0/s1. The number of aromatic nitrogens is 1. The fraction of sp³-hybridized carbons (Fsp3) is 0.367. The van der Waals surface area contributed by atoms with Crippen LogP contribution in [0.2, 0.25) is 0 Å². The third kappa shape index (κ3) is 5.57. The maximum atomic E-state index is 14.5. The first-order chi connectivity index (χ1) is 19.1. The molecule has 0 aliphatic carbocycles. The number of nitrogens with one attached hydrogen (secondary N) is 1. The van der Waals surface area contributed by atoms with Gasteiger partial charge in [0.2, 0.25) is 5.91 Å². The van der Waals surface area contributed by atoms with E-state index in [0.29, 0.717) is 34.5 Å². The van der Waals surface area contributed by atoms with Gasteiger partial charge in [0.25, 0.3) is 5.91 Å². The summed E-state index contributed by atoms with van der Waals surface area (Å²) in [4.78, 5) is 44.9. The van der Waals surface area contributed by atoms with Gasteiger partial charge >= 0.3 is 0 Å². The second kappa shape index (κ2) is 12.1. The van der Waals surface area contributed by atoms with E-state index in [-0.39, 0.29) is 35.8 Å². The zero-order valence-electron chi connectivity index (χ0n) is 23.0. The van der Waals surface area contributed by atoms with E-state index in [9.17, 15) is 24.6 Å². The van der Waals surface area contributed by atoms with Crippen molar-refractivity contribution in [3.63, 3.8) is 0 Å². The van der Waals surface area contributed by atoms with E-state index >= 15 is 0 Å². The number of benzene rings is 2. The number of hydrogen-bond acceptors (Lipinski definition) is 7. The summed E-state index contributed by atoms with van der Waals surface area (Å²) in [6.45, 7) is 3.10. The molecule has 212 valence electrons. The first-order valence-electron chi connectivity index (χ1n) is 13.4. The van der Waals surface area contributed by atoms with Crippen LogP contribution in [0.25, 0.3) is 11.1 Å². The van der Waals surface area contributed by atoms with E-state index in [2.05, 4.69) is 4.98 Å². The highest BCUT2D eigenvalue weighted by atomic mass is 16.3. The molecular weight excluding hydrogens is 510 g/mol. The lowest BCUT2D eigenvalue weighted by Gasteiger charge is -2.33. The normalized spacial score (nSPS) is 16.9. The average molecular weight is 548 g/mol. The van der Waals surface area contributed by atoms with E-state index < -0.39 is 36.5 Å². The molecule has 0 spiro atoms. The minimum atomic E-state index is -1.15. The molecule has 7 N–H and O–H groups in total. The molecule has 1 aliphatic heterocycles. The molecule has 4 rings (SSSR count). The number of Topliss-reactive ketones (excluding diaryl/α,β-unsaturated/α-hetero) is 1. The van der Waals surface area contributed by atoms with E-state index in [1.54, 1.807) is 24.4 Å². The summed E-state index contributed by atoms with van der Waals surface area (Å²) in [5, 5.41) is 22.4. The molecule has 2 unspecified atom stereocenters. The number of hydrazine groups is 1. The topological polar surface area (TPSA) is 166 Å². The Labute approximate surface area is 233 Å². The van der Waals surface area contributed by atoms with Crippen LogP contribution in [-0.4, -0.2) is 63.6 Å². The first kappa shape index (κ1) is 29.2. The number of ketones is 1. The zero-order chi connectivity index (χ0) is 29.1. The van der Waals surface area contributed by atoms with Gasteiger partial charge in [0.1, 0.15) is 0 Å². The maximum absolute atomic E-state index is 14.5. The minimum Gasteiger partial charge on any atom is -0.394 e. The third-order valence-electron chi connectivity index (χ3n) is 7.38. The van der Waals surface area contributed by atoms with Crippen LogP contribution >= 0.6 is 0 Å². The Morgan fingerprint density at radius 2 is 1.82 bits per heavy atom. The van der Waals surface area contributed by atoms with Crippen molar-refractivity contribution in [2.24, 2.45) is 17.4 Å². The van der Waals surface area contributed by atoms with Crippen molar-refractivity contribution in [3.05, 3.63) is 77.1 Å². The Bertz CT molecular complexity index is 1390. The van der Waals surface area contributed by atoms with Gasteiger partial charge in [-0.1, -0.05) is 56.3 Å². The smallest absolute Gasteiger partial charge is 0.273 e. The summed E-state index contributed by atoms with van der Waals surface area (Å²) < 4.78 is 0. The molecule has 40 heavy (non-hydrogen) atoms. The monoisotopic (exact) mass is 547 g/mol. The van der Waals surface area contributed by atoms with Gasteiger partial charge in [-0.25, -0.2) is 10.0 Å². The molecule has 0 saturated carbocycles. The maximum Gasteiger partial charge on any atom is 0.273 e. The predicted octanol–water partition coefficient (Wildman–Crippen LogP) is 2.56. The van der Waals surface area contributed by atoms with E-state index in [1.165, 1.54) is 17.1 Å². The number of aliphatic hydroxyl groups excluding tert-OH is 2. The molecule has 2 aromatic carbocycles. The lowest BCUT2D eigenvalue weighted by molar-refractivity contribution is -0.120. The number of nitrogens with two attached hydrogens (primary N) is 2. The molecule has 10 heteroatoms. The summed E-state index contributed by atoms with van der Waals surface area (Å²) in [5.74, 6) is -1.62. The van der Waals surface area contributed by atoms with Gasteiger partial charge in [-0.05, 0) is 35.1 Å². The van der Waals surface area contributed by atoms with Crippen LogP contribution in [0.3, 0.4) is 0 Å². The fourth-order valence-corrected chi connectivity index (χ4v) is 5.07. The van der Waals surface area contributed by atoms with Gasteiger partial charge in [0, 0.05) is 37.7 Å². The Balaban J connectivity index is 1.96. The predicted molar refractivity (Wildman–Crippen MR) is 152 cm³/mol. The number of rotatable bonds is 9. The highest BCUT2D eigenvalue weighted by Crippen LogP contribution is 2.35. The molecule has 0 fully saturated rings. The zero-order valence-corrected chi connectivity index (χ0v) is 23.0. The van der Waals surface area contributed by atoms with Crippen LogP contribution in [0.4, 0.5) is 5.69 Å². The quantitative estimate of drug-likeness (QED) is 0.257. The molecule has 2 heterocycles. The number of anilines is 1. The SMILES string of the molecule is CC(C)C(N)C(=O)c1c(C[C@H](O)CO)ccc(-c2ccccc2)c1C(=O)N(C)N1C(=O)CCC(N)c2[nH]ccc21. The van der Waals surface area contributed by atoms with Crippen LogP contribution in [0.15, 0.2) is 54.7 Å². The highest BCUT2D eigenvalue weighted by molar-refractivity contribution is 6.15. The van der Waals surface area contributed by atoms with Gasteiger partial charge in [-0.2, -0.15) is 0 Å². The lowest BCUT2D eigenvalue weighted by Crippen LogP contribution is -2.48. The molecule has 10 nitrogen and oxygen atoms in total. The molecule has 2 amide bonds. The van der Waals surface area contributed by atoms with Gasteiger partial charge in [-0.3, -0.25) is 14.4 Å². The highest BCUT2D eigenvalue weighted by Gasteiger charge is 2.36. The van der Waals surface area contributed by atoms with Gasteiger partial charge in [0.15, 0.2) is 5.78 Å². The van der Waals surface area contributed by atoms with Crippen molar-refractivity contribution in [2.45, 2.75) is 51.3 Å². The van der Waals surface area contributed by atoms with E-state index in [0.717, 1.165) is 0 Å². The number of hydrogen-bond donors (Lipinski definition) is 5. The van der Waals surface area contributed by atoms with Crippen molar-refractivity contribution < 1.29 is 24.6 Å². The summed E-state index contributed by atoms with van der Waals surface area (Å²) >= 11 is 0. The van der Waals surface area contributed by atoms with Gasteiger partial charge < -0.3 is 26.7 Å². The molecule has 3 atom stereocenters. The number of H-pyrrole nitrogens is 1. The first-order valence-corrected chi connectivity index (χ1v) is 13.4. The summed E-state index contributed by atoms with van der Waals surface area (Å²) in [6, 6.07) is 12.9. The Morgan fingerprint density at radius 3 is 2.48 bits per heavy atom. The Morgan fingerprint density at radius 1 is 1.12 bits per heavy atom. The van der Waals surface area contributed by atoms with Crippen LogP contribution in [0.5, 0.6) is 0 Å².